The fraction of sp³-hybridized carbons (Fsp3) is 0. The molecule has 0 spiro atoms. The summed E-state index contributed by atoms with van der Waals surface area (Å²) in [7, 11) is -4.65. The van der Waals surface area contributed by atoms with E-state index in [1.54, 1.807) is 48.5 Å². The maximum Gasteiger partial charge on any atom is 2.00 e. The Bertz CT molecular complexity index is 1480. The number of hydrogen-bond donors (Lipinski definition) is 3. The number of azo groups is 1. The first-order valence-corrected chi connectivity index (χ1v) is 10.1. The van der Waals surface area contributed by atoms with Crippen molar-refractivity contribution < 1.29 is 30.8 Å². The van der Waals surface area contributed by atoms with Gasteiger partial charge in [-0.15, -0.1) is 10.2 Å². The molecule has 4 aromatic rings. The fourth-order valence-corrected chi connectivity index (χ4v) is 4.10. The Morgan fingerprint density at radius 2 is 1.48 bits per heavy atom. The number of carboxylic acids is 1. The molecule has 3 N–H and O–H groups in total. The first kappa shape index (κ1) is 23.1. The second-order valence-corrected chi connectivity index (χ2v) is 7.82. The topological polar surface area (TPSA) is 137 Å². The van der Waals surface area contributed by atoms with Crippen molar-refractivity contribution in [1.82, 2.24) is 0 Å². The zero-order valence-corrected chi connectivity index (χ0v) is 19.0. The molecule has 0 aromatic heterocycles. The van der Waals surface area contributed by atoms with Gasteiger partial charge in [-0.2, -0.15) is 8.42 Å². The van der Waals surface area contributed by atoms with Crippen LogP contribution in [-0.4, -0.2) is 66.9 Å². The van der Waals surface area contributed by atoms with Crippen LogP contribution in [0.5, 0.6) is 5.75 Å². The summed E-state index contributed by atoms with van der Waals surface area (Å²) in [5, 5.41) is 29.5. The van der Waals surface area contributed by atoms with Gasteiger partial charge < -0.3 is 13.1 Å². The number of carboxylic acid groups (broad SMARTS) is 1. The van der Waals surface area contributed by atoms with Gasteiger partial charge in [0.25, 0.3) is 10.1 Å². The van der Waals surface area contributed by atoms with Gasteiger partial charge >= 0.3 is 43.7 Å². The van der Waals surface area contributed by atoms with Gasteiger partial charge in [0.1, 0.15) is 21.8 Å². The van der Waals surface area contributed by atoms with E-state index in [-0.39, 0.29) is 62.9 Å². The van der Waals surface area contributed by atoms with E-state index in [1.807, 2.05) is 0 Å². The second kappa shape index (κ2) is 8.89. The van der Waals surface area contributed by atoms with Crippen LogP contribution in [-0.2, 0) is 10.1 Å². The van der Waals surface area contributed by atoms with E-state index in [2.05, 4.69) is 10.2 Å². The van der Waals surface area contributed by atoms with E-state index in [1.165, 1.54) is 18.2 Å². The van der Waals surface area contributed by atoms with Crippen LogP contribution in [0.3, 0.4) is 0 Å². The molecular weight excluding hydrogens is 448 g/mol. The number of aromatic carboxylic acids is 1. The molecule has 0 saturated carbocycles. The van der Waals surface area contributed by atoms with Crippen LogP contribution in [0, 0.1) is 0 Å². The van der Waals surface area contributed by atoms with Crippen molar-refractivity contribution in [3.8, 4) is 5.75 Å². The van der Waals surface area contributed by atoms with Crippen molar-refractivity contribution in [3.05, 3.63) is 72.3 Å². The van der Waals surface area contributed by atoms with Gasteiger partial charge in [-0.3, -0.25) is 4.55 Å². The van der Waals surface area contributed by atoms with Crippen molar-refractivity contribution in [2.45, 2.75) is 4.90 Å². The minimum Gasteiger partial charge on any atom is -1.00 e. The Morgan fingerprint density at radius 1 is 0.871 bits per heavy atom. The summed E-state index contributed by atoms with van der Waals surface area (Å²) in [6, 6.07) is 17.5. The molecule has 0 atom stereocenters. The number of phenols is 1. The summed E-state index contributed by atoms with van der Waals surface area (Å²) in [6.45, 7) is 0. The standard InChI is InChI=1S/C21H14N2O6S.Ca.2H/c24-19-16(21(25)26)11-13-6-2-3-7-14(13)18(19)23-22-17-10-9-12-5-1-4-8-15(12)20(17)30(27,28)29;;;/h1-11,24H,(H,25,26)(H,27,28,29);;;/q;+2;2*-1. The summed E-state index contributed by atoms with van der Waals surface area (Å²) in [5.74, 6) is -1.95. The number of rotatable bonds is 4. The fourth-order valence-electron chi connectivity index (χ4n) is 3.27. The summed E-state index contributed by atoms with van der Waals surface area (Å²) in [6.07, 6.45) is 0. The predicted octanol–water partition coefficient (Wildman–Crippen LogP) is 4.90. The third-order valence-electron chi connectivity index (χ3n) is 4.60. The zero-order valence-electron chi connectivity index (χ0n) is 17.9. The van der Waals surface area contributed by atoms with Crippen molar-refractivity contribution in [2.24, 2.45) is 10.2 Å². The van der Waals surface area contributed by atoms with Crippen LogP contribution in [0.25, 0.3) is 21.5 Å². The zero-order chi connectivity index (χ0) is 21.5. The SMILES string of the molecule is O=C(O)c1cc2ccccc2c(N=Nc2ccc3ccccc3c2S(=O)(=O)O)c1O.[Ca+2].[H-].[H-]. The maximum absolute atomic E-state index is 12.0. The molecule has 0 saturated heterocycles. The predicted molar refractivity (Wildman–Crippen MR) is 118 cm³/mol. The van der Waals surface area contributed by atoms with E-state index < -0.39 is 26.7 Å². The molecule has 0 aliphatic rings. The molecule has 0 heterocycles. The second-order valence-electron chi connectivity index (χ2n) is 6.46. The third kappa shape index (κ3) is 4.41. The van der Waals surface area contributed by atoms with Crippen LogP contribution in [0.2, 0.25) is 0 Å². The molecule has 10 heteroatoms. The van der Waals surface area contributed by atoms with Crippen molar-refractivity contribution in [2.75, 3.05) is 0 Å². The average Bonchev–Trinajstić information content (AvgIpc) is 2.71. The molecule has 4 aromatic carbocycles. The molecule has 0 aliphatic heterocycles. The molecule has 0 radical (unpaired) electrons. The molecule has 0 fully saturated rings. The van der Waals surface area contributed by atoms with Crippen molar-refractivity contribution in [1.29, 1.82) is 0 Å². The van der Waals surface area contributed by atoms with Gasteiger partial charge in [-0.25, -0.2) is 4.79 Å². The molecule has 8 nitrogen and oxygen atoms in total. The van der Waals surface area contributed by atoms with E-state index >= 15 is 0 Å². The smallest absolute Gasteiger partial charge is 1.00 e. The van der Waals surface area contributed by atoms with E-state index in [0.717, 1.165) is 0 Å². The molecule has 31 heavy (non-hydrogen) atoms. The van der Waals surface area contributed by atoms with E-state index in [4.69, 9.17) is 0 Å². The summed E-state index contributed by atoms with van der Waals surface area (Å²) >= 11 is 0. The molecule has 154 valence electrons. The first-order valence-electron chi connectivity index (χ1n) is 8.66. The van der Waals surface area contributed by atoms with Gasteiger partial charge in [-0.1, -0.05) is 54.6 Å². The molecule has 0 bridgehead atoms. The summed E-state index contributed by atoms with van der Waals surface area (Å²) in [5.41, 5.74) is -0.642. The minimum absolute atomic E-state index is 0. The van der Waals surface area contributed by atoms with E-state index in [9.17, 15) is 28.0 Å². The average molecular weight is 465 g/mol. The van der Waals surface area contributed by atoms with Crippen molar-refractivity contribution in [3.63, 3.8) is 0 Å². The van der Waals surface area contributed by atoms with E-state index in [0.29, 0.717) is 16.2 Å². The Labute approximate surface area is 209 Å². The largest absolute Gasteiger partial charge is 2.00 e. The molecule has 0 unspecified atom stereocenters. The van der Waals surface area contributed by atoms with Crippen molar-refractivity contribution >= 4 is 86.7 Å². The number of benzene rings is 4. The van der Waals surface area contributed by atoms with Crippen LogP contribution in [0.4, 0.5) is 11.4 Å². The summed E-state index contributed by atoms with van der Waals surface area (Å²) in [4.78, 5) is 11.1. The van der Waals surface area contributed by atoms with Crippen LogP contribution < -0.4 is 0 Å². The molecule has 0 amide bonds. The van der Waals surface area contributed by atoms with Gasteiger partial charge in [0.2, 0.25) is 0 Å². The van der Waals surface area contributed by atoms with Crippen LogP contribution in [0.15, 0.2) is 81.9 Å². The van der Waals surface area contributed by atoms with Gasteiger partial charge in [0.05, 0.1) is 0 Å². The monoisotopic (exact) mass is 464 g/mol. The Hall–Kier alpha value is -2.56. The van der Waals surface area contributed by atoms with Gasteiger partial charge in [0.15, 0.2) is 5.75 Å². The number of carbonyl (C=O) groups is 1. The Morgan fingerprint density at radius 3 is 2.13 bits per heavy atom. The Balaban J connectivity index is 0.00000181. The third-order valence-corrected chi connectivity index (χ3v) is 5.55. The maximum atomic E-state index is 12.0. The van der Waals surface area contributed by atoms with Gasteiger partial charge in [-0.05, 0) is 22.9 Å². The molecular formula is C21H16CaN2O6S. The quantitative estimate of drug-likeness (QED) is 0.223. The number of aromatic hydroxyl groups is 1. The summed E-state index contributed by atoms with van der Waals surface area (Å²) < 4.78 is 33.8. The van der Waals surface area contributed by atoms with Gasteiger partial charge in [0, 0.05) is 10.8 Å². The first-order chi connectivity index (χ1) is 14.3. The number of fused-ring (bicyclic) bond motifs is 2. The number of hydrogen-bond acceptors (Lipinski definition) is 6. The van der Waals surface area contributed by atoms with Crippen LogP contribution >= 0.6 is 0 Å². The normalized spacial score (nSPS) is 11.6. The van der Waals surface area contributed by atoms with Crippen LogP contribution in [0.1, 0.15) is 13.2 Å². The minimum atomic E-state index is -4.65. The Kier molecular flexibility index (Phi) is 6.63. The number of nitrogens with zero attached hydrogens (tertiary/aromatic N) is 2. The molecule has 0 aliphatic carbocycles. The molecule has 4 rings (SSSR count).